The van der Waals surface area contributed by atoms with Crippen LogP contribution in [-0.2, 0) is 16.0 Å². The molecule has 1 N–H and O–H groups in total. The Kier molecular flexibility index (Phi) is 8.00. The van der Waals surface area contributed by atoms with E-state index in [1.54, 1.807) is 16.8 Å². The molecule has 8 heteroatoms. The zero-order valence-electron chi connectivity index (χ0n) is 18.4. The van der Waals surface area contributed by atoms with Gasteiger partial charge in [-0.1, -0.05) is 36.5 Å². The van der Waals surface area contributed by atoms with Gasteiger partial charge in [-0.15, -0.1) is 0 Å². The summed E-state index contributed by atoms with van der Waals surface area (Å²) in [7, 11) is 0. The molecule has 1 aromatic heterocycles. The number of nitrogens with zero attached hydrogens (tertiary/aromatic N) is 3. The van der Waals surface area contributed by atoms with Crippen molar-refractivity contribution in [2.75, 3.05) is 19.6 Å². The van der Waals surface area contributed by atoms with Gasteiger partial charge >= 0.3 is 0 Å². The van der Waals surface area contributed by atoms with E-state index in [-0.39, 0.29) is 24.2 Å². The summed E-state index contributed by atoms with van der Waals surface area (Å²) in [6.07, 6.45) is 3.96. The minimum Gasteiger partial charge on any atom is -0.356 e. The monoisotopic (exact) mass is 464 g/mol. The van der Waals surface area contributed by atoms with Crippen LogP contribution < -0.4 is 5.32 Å². The van der Waals surface area contributed by atoms with Gasteiger partial charge in [-0.2, -0.15) is 5.10 Å². The average molecular weight is 465 g/mol. The third-order valence-electron chi connectivity index (χ3n) is 5.89. The van der Waals surface area contributed by atoms with Crippen molar-refractivity contribution in [2.45, 2.75) is 52.9 Å². The maximum Gasteiger partial charge on any atom is 0.227 e. The molecular formula is C23H30Cl2N4O2. The molecule has 3 rings (SSSR count). The van der Waals surface area contributed by atoms with Crippen LogP contribution in [0.2, 0.25) is 10.0 Å². The standard InChI is InChI=1S/C23H30Cl2N4O2/c1-4-5-10-26-23(31)17-7-6-11-28(14-17)22(30)13-19-15(2)27-29(16(19)3)18-8-9-20(24)21(25)12-18/h8-9,12,17H,4-7,10-11,13-14H2,1-3H3,(H,26,31). The van der Waals surface area contributed by atoms with Crippen LogP contribution >= 0.6 is 23.2 Å². The van der Waals surface area contributed by atoms with Gasteiger partial charge in [0.25, 0.3) is 0 Å². The Balaban J connectivity index is 1.69. The van der Waals surface area contributed by atoms with E-state index < -0.39 is 0 Å². The normalized spacial score (nSPS) is 16.4. The summed E-state index contributed by atoms with van der Waals surface area (Å²) in [5.41, 5.74) is 3.42. The molecule has 2 heterocycles. The van der Waals surface area contributed by atoms with Crippen LogP contribution in [0.4, 0.5) is 0 Å². The van der Waals surface area contributed by atoms with Gasteiger partial charge in [0.2, 0.25) is 11.8 Å². The molecule has 0 bridgehead atoms. The molecule has 2 aromatic rings. The van der Waals surface area contributed by atoms with Crippen LogP contribution in [0.1, 0.15) is 49.6 Å². The molecule has 1 atom stereocenters. The number of unbranched alkanes of at least 4 members (excludes halogenated alkanes) is 1. The predicted molar refractivity (Wildman–Crippen MR) is 124 cm³/mol. The molecule has 1 fully saturated rings. The summed E-state index contributed by atoms with van der Waals surface area (Å²) in [6, 6.07) is 5.35. The smallest absolute Gasteiger partial charge is 0.227 e. The maximum atomic E-state index is 13.1. The lowest BCUT2D eigenvalue weighted by Crippen LogP contribution is -2.46. The van der Waals surface area contributed by atoms with Crippen molar-refractivity contribution in [2.24, 2.45) is 5.92 Å². The first kappa shape index (κ1) is 23.6. The van der Waals surface area contributed by atoms with Crippen LogP contribution in [0.5, 0.6) is 0 Å². The Hall–Kier alpha value is -2.05. The Bertz CT molecular complexity index is 957. The number of carbonyl (C=O) groups is 2. The molecule has 1 aliphatic heterocycles. The molecule has 168 valence electrons. The first-order valence-corrected chi connectivity index (χ1v) is 11.6. The zero-order valence-corrected chi connectivity index (χ0v) is 19.9. The highest BCUT2D eigenvalue weighted by molar-refractivity contribution is 6.42. The Morgan fingerprint density at radius 3 is 2.71 bits per heavy atom. The lowest BCUT2D eigenvalue weighted by atomic mass is 9.96. The molecule has 0 radical (unpaired) electrons. The first-order chi connectivity index (χ1) is 14.8. The SMILES string of the molecule is CCCCNC(=O)C1CCCN(C(=O)Cc2c(C)nn(-c3ccc(Cl)c(Cl)c3)c2C)C1. The van der Waals surface area contributed by atoms with E-state index in [0.717, 1.165) is 48.3 Å². The Morgan fingerprint density at radius 1 is 1.23 bits per heavy atom. The molecule has 1 aliphatic rings. The van der Waals surface area contributed by atoms with Gasteiger partial charge in [0.05, 0.1) is 33.8 Å². The Morgan fingerprint density at radius 2 is 2.00 bits per heavy atom. The predicted octanol–water partition coefficient (Wildman–Crippen LogP) is 4.49. The van der Waals surface area contributed by atoms with Gasteiger partial charge in [-0.05, 0) is 51.3 Å². The second-order valence-electron chi connectivity index (χ2n) is 8.16. The third kappa shape index (κ3) is 5.60. The number of carbonyl (C=O) groups excluding carboxylic acids is 2. The highest BCUT2D eigenvalue weighted by Gasteiger charge is 2.29. The molecule has 1 unspecified atom stereocenters. The molecule has 31 heavy (non-hydrogen) atoms. The second-order valence-corrected chi connectivity index (χ2v) is 8.97. The van der Waals surface area contributed by atoms with Crippen LogP contribution in [0, 0.1) is 19.8 Å². The van der Waals surface area contributed by atoms with E-state index in [9.17, 15) is 9.59 Å². The minimum atomic E-state index is -0.129. The van der Waals surface area contributed by atoms with Gasteiger partial charge in [-0.25, -0.2) is 4.68 Å². The largest absolute Gasteiger partial charge is 0.356 e. The highest BCUT2D eigenvalue weighted by Crippen LogP contribution is 2.27. The van der Waals surface area contributed by atoms with Crippen molar-refractivity contribution in [3.8, 4) is 5.69 Å². The summed E-state index contributed by atoms with van der Waals surface area (Å²) in [5.74, 6) is -0.0348. The molecule has 1 aromatic carbocycles. The number of hydrogen-bond acceptors (Lipinski definition) is 3. The highest BCUT2D eigenvalue weighted by atomic mass is 35.5. The summed E-state index contributed by atoms with van der Waals surface area (Å²) in [5, 5.41) is 8.56. The fourth-order valence-electron chi connectivity index (χ4n) is 4.01. The zero-order chi connectivity index (χ0) is 22.5. The molecule has 6 nitrogen and oxygen atoms in total. The van der Waals surface area contributed by atoms with Gasteiger partial charge in [-0.3, -0.25) is 9.59 Å². The number of likely N-dealkylation sites (tertiary alicyclic amines) is 1. The number of aromatic nitrogens is 2. The number of benzene rings is 1. The number of hydrogen-bond donors (Lipinski definition) is 1. The molecular weight excluding hydrogens is 435 g/mol. The van der Waals surface area contributed by atoms with Crippen molar-refractivity contribution in [1.29, 1.82) is 0 Å². The van der Waals surface area contributed by atoms with Gasteiger partial charge in [0.15, 0.2) is 0 Å². The van der Waals surface area contributed by atoms with E-state index in [4.69, 9.17) is 23.2 Å². The van der Waals surface area contributed by atoms with Crippen molar-refractivity contribution >= 4 is 35.0 Å². The summed E-state index contributed by atoms with van der Waals surface area (Å²) in [4.78, 5) is 27.3. The number of rotatable bonds is 7. The van der Waals surface area contributed by atoms with Gasteiger partial charge in [0, 0.05) is 30.9 Å². The van der Waals surface area contributed by atoms with E-state index in [1.165, 1.54) is 0 Å². The fourth-order valence-corrected chi connectivity index (χ4v) is 4.30. The summed E-state index contributed by atoms with van der Waals surface area (Å²) in [6.45, 7) is 7.83. The fraction of sp³-hybridized carbons (Fsp3) is 0.522. The number of piperidine rings is 1. The van der Waals surface area contributed by atoms with Crippen molar-refractivity contribution in [3.63, 3.8) is 0 Å². The van der Waals surface area contributed by atoms with Crippen LogP contribution in [0.15, 0.2) is 18.2 Å². The third-order valence-corrected chi connectivity index (χ3v) is 6.63. The minimum absolute atomic E-state index is 0.0333. The van der Waals surface area contributed by atoms with Crippen LogP contribution in [0.3, 0.4) is 0 Å². The van der Waals surface area contributed by atoms with Gasteiger partial charge < -0.3 is 10.2 Å². The average Bonchev–Trinajstić information content (AvgIpc) is 3.04. The van der Waals surface area contributed by atoms with Crippen molar-refractivity contribution in [3.05, 3.63) is 45.2 Å². The van der Waals surface area contributed by atoms with E-state index in [1.807, 2.05) is 24.8 Å². The van der Waals surface area contributed by atoms with E-state index in [0.29, 0.717) is 29.7 Å². The van der Waals surface area contributed by atoms with Crippen LogP contribution in [-0.4, -0.2) is 46.1 Å². The lowest BCUT2D eigenvalue weighted by Gasteiger charge is -2.32. The number of amides is 2. The lowest BCUT2D eigenvalue weighted by molar-refractivity contribution is -0.135. The second kappa shape index (κ2) is 10.5. The van der Waals surface area contributed by atoms with Crippen LogP contribution in [0.25, 0.3) is 5.69 Å². The number of aryl methyl sites for hydroxylation is 1. The number of halogens is 2. The quantitative estimate of drug-likeness (QED) is 0.613. The molecule has 0 spiro atoms. The molecule has 0 aliphatic carbocycles. The topological polar surface area (TPSA) is 67.2 Å². The summed E-state index contributed by atoms with van der Waals surface area (Å²) >= 11 is 12.2. The van der Waals surface area contributed by atoms with E-state index in [2.05, 4.69) is 17.3 Å². The summed E-state index contributed by atoms with van der Waals surface area (Å²) < 4.78 is 1.79. The molecule has 0 saturated carbocycles. The maximum absolute atomic E-state index is 13.1. The van der Waals surface area contributed by atoms with Crippen molar-refractivity contribution in [1.82, 2.24) is 20.0 Å². The number of nitrogens with one attached hydrogen (secondary N) is 1. The van der Waals surface area contributed by atoms with E-state index >= 15 is 0 Å². The Labute approximate surface area is 193 Å². The van der Waals surface area contributed by atoms with Gasteiger partial charge in [0.1, 0.15) is 0 Å². The van der Waals surface area contributed by atoms with Crippen molar-refractivity contribution < 1.29 is 9.59 Å². The molecule has 1 saturated heterocycles. The first-order valence-electron chi connectivity index (χ1n) is 10.9. The molecule has 2 amide bonds.